The Labute approximate surface area is 90.4 Å². The van der Waals surface area contributed by atoms with Crippen molar-refractivity contribution in [2.75, 3.05) is 0 Å². The van der Waals surface area contributed by atoms with Gasteiger partial charge in [-0.15, -0.1) is 0 Å². The number of rotatable bonds is 2. The topological polar surface area (TPSA) is 42.2 Å². The molecule has 0 radical (unpaired) electrons. The maximum absolute atomic E-state index is 11.6. The second kappa shape index (κ2) is 4.19. The van der Waals surface area contributed by atoms with Gasteiger partial charge < -0.3 is 9.67 Å². The monoisotopic (exact) mass is 209 g/mol. The molecule has 0 fully saturated rings. The van der Waals surface area contributed by atoms with Crippen LogP contribution in [0.2, 0.25) is 0 Å². The lowest BCUT2D eigenvalue weighted by molar-refractivity contribution is 0.0467. The summed E-state index contributed by atoms with van der Waals surface area (Å²) in [6.07, 6.45) is -0.517. The fourth-order valence-corrected chi connectivity index (χ4v) is 1.30. The normalized spacial score (nSPS) is 13.9. The highest BCUT2D eigenvalue weighted by atomic mass is 16.3. The standard InChI is InChI=1S/C12H19NO2/c1-9-6-5-7-11(15)13(9)8-10(14)12(2,3)4/h5-7,10,14H,8H2,1-4H3. The minimum atomic E-state index is -0.517. The summed E-state index contributed by atoms with van der Waals surface area (Å²) < 4.78 is 1.61. The molecular weight excluding hydrogens is 190 g/mol. The minimum Gasteiger partial charge on any atom is -0.391 e. The third-order valence-corrected chi connectivity index (χ3v) is 2.62. The van der Waals surface area contributed by atoms with Gasteiger partial charge in [-0.1, -0.05) is 26.8 Å². The Bertz CT molecular complexity index is 387. The summed E-state index contributed by atoms with van der Waals surface area (Å²) in [5, 5.41) is 9.93. The van der Waals surface area contributed by atoms with E-state index in [0.29, 0.717) is 6.54 Å². The van der Waals surface area contributed by atoms with Crippen molar-refractivity contribution in [2.24, 2.45) is 5.41 Å². The molecule has 0 aliphatic rings. The summed E-state index contributed by atoms with van der Waals surface area (Å²) in [5.41, 5.74) is 0.617. The molecule has 1 aromatic rings. The van der Waals surface area contributed by atoms with Crippen LogP contribution in [0.4, 0.5) is 0 Å². The van der Waals surface area contributed by atoms with Crippen molar-refractivity contribution in [1.82, 2.24) is 4.57 Å². The highest BCUT2D eigenvalue weighted by Gasteiger charge is 2.22. The summed E-state index contributed by atoms with van der Waals surface area (Å²) in [6.45, 7) is 8.11. The molecule has 0 aromatic carbocycles. The van der Waals surface area contributed by atoms with Gasteiger partial charge in [-0.25, -0.2) is 0 Å². The molecule has 1 rings (SSSR count). The van der Waals surface area contributed by atoms with Gasteiger partial charge in [0, 0.05) is 11.8 Å². The second-order valence-electron chi connectivity index (χ2n) is 5.00. The van der Waals surface area contributed by atoms with Crippen LogP contribution in [0.1, 0.15) is 26.5 Å². The minimum absolute atomic E-state index is 0.0571. The zero-order valence-electron chi connectivity index (χ0n) is 9.82. The quantitative estimate of drug-likeness (QED) is 0.803. The third-order valence-electron chi connectivity index (χ3n) is 2.62. The SMILES string of the molecule is Cc1cccc(=O)n1CC(O)C(C)(C)C. The lowest BCUT2D eigenvalue weighted by Gasteiger charge is -2.27. The molecule has 1 atom stereocenters. The first-order chi connectivity index (χ1) is 6.82. The maximum Gasteiger partial charge on any atom is 0.250 e. The van der Waals surface area contributed by atoms with Crippen LogP contribution in [-0.4, -0.2) is 15.8 Å². The molecule has 0 saturated heterocycles. The Morgan fingerprint density at radius 3 is 2.47 bits per heavy atom. The van der Waals surface area contributed by atoms with Crippen LogP contribution in [0.15, 0.2) is 23.0 Å². The summed E-state index contributed by atoms with van der Waals surface area (Å²) in [7, 11) is 0. The van der Waals surface area contributed by atoms with E-state index in [4.69, 9.17) is 0 Å². The van der Waals surface area contributed by atoms with Gasteiger partial charge in [-0.3, -0.25) is 4.79 Å². The maximum atomic E-state index is 11.6. The lowest BCUT2D eigenvalue weighted by atomic mass is 9.89. The van der Waals surface area contributed by atoms with Crippen LogP contribution >= 0.6 is 0 Å². The van der Waals surface area contributed by atoms with Crippen molar-refractivity contribution in [2.45, 2.75) is 40.3 Å². The predicted molar refractivity (Wildman–Crippen MR) is 60.9 cm³/mol. The van der Waals surface area contributed by atoms with E-state index in [0.717, 1.165) is 5.69 Å². The zero-order valence-corrected chi connectivity index (χ0v) is 9.82. The Kier molecular flexibility index (Phi) is 3.35. The average Bonchev–Trinajstić information content (AvgIpc) is 2.09. The largest absolute Gasteiger partial charge is 0.391 e. The van der Waals surface area contributed by atoms with Gasteiger partial charge in [0.2, 0.25) is 0 Å². The van der Waals surface area contributed by atoms with E-state index >= 15 is 0 Å². The fourth-order valence-electron chi connectivity index (χ4n) is 1.30. The first kappa shape index (κ1) is 12.0. The first-order valence-corrected chi connectivity index (χ1v) is 5.17. The van der Waals surface area contributed by atoms with Gasteiger partial charge in [0.05, 0.1) is 12.6 Å². The van der Waals surface area contributed by atoms with Crippen LogP contribution in [0, 0.1) is 12.3 Å². The van der Waals surface area contributed by atoms with E-state index in [9.17, 15) is 9.90 Å². The number of hydrogen-bond acceptors (Lipinski definition) is 2. The number of hydrogen-bond donors (Lipinski definition) is 1. The molecule has 0 saturated carbocycles. The molecular formula is C12H19NO2. The second-order valence-corrected chi connectivity index (χ2v) is 5.00. The van der Waals surface area contributed by atoms with Gasteiger partial charge in [0.25, 0.3) is 5.56 Å². The molecule has 0 aliphatic heterocycles. The van der Waals surface area contributed by atoms with Crippen LogP contribution in [0.5, 0.6) is 0 Å². The third kappa shape index (κ3) is 2.93. The van der Waals surface area contributed by atoms with Crippen LogP contribution < -0.4 is 5.56 Å². The highest BCUT2D eigenvalue weighted by Crippen LogP contribution is 2.20. The molecule has 0 spiro atoms. The molecule has 3 nitrogen and oxygen atoms in total. The molecule has 3 heteroatoms. The number of pyridine rings is 1. The summed E-state index contributed by atoms with van der Waals surface area (Å²) in [4.78, 5) is 11.6. The van der Waals surface area contributed by atoms with Gasteiger partial charge in [0.15, 0.2) is 0 Å². The molecule has 1 aromatic heterocycles. The summed E-state index contributed by atoms with van der Waals surface area (Å²) in [5.74, 6) is 0. The van der Waals surface area contributed by atoms with E-state index in [1.165, 1.54) is 6.07 Å². The molecule has 0 bridgehead atoms. The average molecular weight is 209 g/mol. The van der Waals surface area contributed by atoms with Crippen LogP contribution in [-0.2, 0) is 6.54 Å². The Morgan fingerprint density at radius 2 is 2.00 bits per heavy atom. The van der Waals surface area contributed by atoms with Crippen molar-refractivity contribution in [3.63, 3.8) is 0 Å². The summed E-state index contributed by atoms with van der Waals surface area (Å²) in [6, 6.07) is 5.12. The van der Waals surface area contributed by atoms with E-state index in [1.54, 1.807) is 10.6 Å². The van der Waals surface area contributed by atoms with Crippen molar-refractivity contribution >= 4 is 0 Å². The van der Waals surface area contributed by atoms with Gasteiger partial charge in [-0.2, -0.15) is 0 Å². The Balaban J connectivity index is 2.95. The Morgan fingerprint density at radius 1 is 1.40 bits per heavy atom. The fraction of sp³-hybridized carbons (Fsp3) is 0.583. The number of aliphatic hydroxyl groups excluding tert-OH is 1. The Hall–Kier alpha value is -1.09. The van der Waals surface area contributed by atoms with Crippen molar-refractivity contribution < 1.29 is 5.11 Å². The molecule has 15 heavy (non-hydrogen) atoms. The molecule has 0 aliphatic carbocycles. The van der Waals surface area contributed by atoms with E-state index < -0.39 is 6.10 Å². The number of nitrogens with zero attached hydrogens (tertiary/aromatic N) is 1. The highest BCUT2D eigenvalue weighted by molar-refractivity contribution is 5.04. The molecule has 1 heterocycles. The van der Waals surface area contributed by atoms with E-state index in [2.05, 4.69) is 0 Å². The van der Waals surface area contributed by atoms with Crippen molar-refractivity contribution in [3.8, 4) is 0 Å². The van der Waals surface area contributed by atoms with Gasteiger partial charge in [0.1, 0.15) is 0 Å². The van der Waals surface area contributed by atoms with Crippen LogP contribution in [0.25, 0.3) is 0 Å². The smallest absolute Gasteiger partial charge is 0.250 e. The van der Waals surface area contributed by atoms with E-state index in [1.807, 2.05) is 33.8 Å². The molecule has 1 unspecified atom stereocenters. The molecule has 0 amide bonds. The zero-order chi connectivity index (χ0) is 11.6. The van der Waals surface area contributed by atoms with Gasteiger partial charge in [-0.05, 0) is 18.4 Å². The van der Waals surface area contributed by atoms with Crippen molar-refractivity contribution in [1.29, 1.82) is 0 Å². The molecule has 1 N–H and O–H groups in total. The lowest BCUT2D eigenvalue weighted by Crippen LogP contribution is -2.35. The first-order valence-electron chi connectivity index (χ1n) is 5.17. The van der Waals surface area contributed by atoms with E-state index in [-0.39, 0.29) is 11.0 Å². The number of aliphatic hydroxyl groups is 1. The van der Waals surface area contributed by atoms with Gasteiger partial charge >= 0.3 is 0 Å². The van der Waals surface area contributed by atoms with Crippen molar-refractivity contribution in [3.05, 3.63) is 34.2 Å². The summed E-state index contributed by atoms with van der Waals surface area (Å²) >= 11 is 0. The molecule has 84 valence electrons. The predicted octanol–water partition coefficient (Wildman–Crippen LogP) is 1.56. The van der Waals surface area contributed by atoms with Crippen LogP contribution in [0.3, 0.4) is 0 Å². The number of aryl methyl sites for hydroxylation is 1. The number of aromatic nitrogens is 1.